The third-order valence-electron chi connectivity index (χ3n) is 2.40. The molecule has 0 bridgehead atoms. The first-order valence-corrected chi connectivity index (χ1v) is 5.39. The molecule has 2 rings (SSSR count). The van der Waals surface area contributed by atoms with Gasteiger partial charge in [0.05, 0.1) is 19.3 Å². The molecule has 0 saturated carbocycles. The molecule has 0 spiro atoms. The molecule has 1 aromatic rings. The normalized spacial score (nSPS) is 15.4. The summed E-state index contributed by atoms with van der Waals surface area (Å²) in [6.07, 6.45) is 3.47. The number of likely N-dealkylation sites (tertiary alicyclic amines) is 1. The third-order valence-corrected chi connectivity index (χ3v) is 2.40. The molecule has 1 aliphatic rings. The number of urea groups is 1. The molecule has 1 aromatic heterocycles. The molecule has 2 heterocycles. The Balaban J connectivity index is 1.75. The highest BCUT2D eigenvalue weighted by molar-refractivity contribution is 5.75. The van der Waals surface area contributed by atoms with Crippen LogP contribution < -0.4 is 10.1 Å². The number of carbonyl (C=O) groups is 1. The molecule has 2 amide bonds. The van der Waals surface area contributed by atoms with Crippen LogP contribution >= 0.6 is 0 Å². The number of ether oxygens (including phenoxy) is 1. The average Bonchev–Trinajstić information content (AvgIpc) is 2.24. The van der Waals surface area contributed by atoms with Crippen molar-refractivity contribution in [1.29, 1.82) is 0 Å². The van der Waals surface area contributed by atoms with Crippen LogP contribution in [0, 0.1) is 0 Å². The number of rotatable bonds is 3. The van der Waals surface area contributed by atoms with Gasteiger partial charge in [0.25, 0.3) is 0 Å². The number of hydrogen-bond acceptors (Lipinski definition) is 3. The van der Waals surface area contributed by atoms with E-state index in [2.05, 4.69) is 10.3 Å². The van der Waals surface area contributed by atoms with Crippen LogP contribution in [0.25, 0.3) is 0 Å². The van der Waals surface area contributed by atoms with Gasteiger partial charge in [-0.25, -0.2) is 4.79 Å². The Kier molecular flexibility index (Phi) is 3.24. The van der Waals surface area contributed by atoms with E-state index < -0.39 is 0 Å². The molecule has 0 atom stereocenters. The second-order valence-electron chi connectivity index (χ2n) is 3.67. The van der Waals surface area contributed by atoms with Crippen LogP contribution in [-0.4, -0.2) is 41.7 Å². The van der Waals surface area contributed by atoms with E-state index in [1.54, 1.807) is 17.3 Å². The van der Waals surface area contributed by atoms with Crippen LogP contribution in [-0.2, 0) is 0 Å². The molecule has 0 aromatic carbocycles. The molecule has 0 radical (unpaired) electrons. The minimum absolute atomic E-state index is 0.0199. The van der Waals surface area contributed by atoms with Crippen LogP contribution in [0.15, 0.2) is 24.5 Å². The van der Waals surface area contributed by atoms with Crippen molar-refractivity contribution in [3.05, 3.63) is 24.5 Å². The van der Waals surface area contributed by atoms with Crippen LogP contribution in [0.3, 0.4) is 0 Å². The zero-order chi connectivity index (χ0) is 11.4. The largest absolute Gasteiger partial charge is 0.485 e. The SMILES string of the molecule is CCNC(=O)N1CC(Oc2cccnc2)C1. The van der Waals surface area contributed by atoms with Gasteiger partial charge in [0.2, 0.25) is 0 Å². The fourth-order valence-electron chi connectivity index (χ4n) is 1.55. The molecule has 1 aliphatic heterocycles. The molecule has 1 N–H and O–H groups in total. The van der Waals surface area contributed by atoms with E-state index in [4.69, 9.17) is 4.74 Å². The highest BCUT2D eigenvalue weighted by Gasteiger charge is 2.31. The summed E-state index contributed by atoms with van der Waals surface area (Å²) in [5.74, 6) is 0.753. The summed E-state index contributed by atoms with van der Waals surface area (Å²) in [6, 6.07) is 3.67. The van der Waals surface area contributed by atoms with E-state index in [9.17, 15) is 4.79 Å². The fourth-order valence-corrected chi connectivity index (χ4v) is 1.55. The van der Waals surface area contributed by atoms with Gasteiger partial charge < -0.3 is 15.0 Å². The van der Waals surface area contributed by atoms with Gasteiger partial charge in [-0.2, -0.15) is 0 Å². The van der Waals surface area contributed by atoms with E-state index in [0.29, 0.717) is 19.6 Å². The Hall–Kier alpha value is -1.78. The van der Waals surface area contributed by atoms with Crippen molar-refractivity contribution < 1.29 is 9.53 Å². The van der Waals surface area contributed by atoms with Crippen molar-refractivity contribution in [2.75, 3.05) is 19.6 Å². The quantitative estimate of drug-likeness (QED) is 0.824. The fraction of sp³-hybridized carbons (Fsp3) is 0.455. The maximum atomic E-state index is 11.4. The van der Waals surface area contributed by atoms with Crippen LogP contribution in [0.2, 0.25) is 0 Å². The summed E-state index contributed by atoms with van der Waals surface area (Å²) < 4.78 is 5.62. The minimum atomic E-state index is -0.0199. The predicted octanol–water partition coefficient (Wildman–Crippen LogP) is 0.874. The van der Waals surface area contributed by atoms with Crippen LogP contribution in [0.4, 0.5) is 4.79 Å². The average molecular weight is 221 g/mol. The minimum Gasteiger partial charge on any atom is -0.485 e. The maximum absolute atomic E-state index is 11.4. The number of nitrogens with one attached hydrogen (secondary N) is 1. The molecular formula is C11H15N3O2. The molecule has 0 unspecified atom stereocenters. The Morgan fingerprint density at radius 3 is 3.12 bits per heavy atom. The molecule has 86 valence electrons. The topological polar surface area (TPSA) is 54.5 Å². The highest BCUT2D eigenvalue weighted by Crippen LogP contribution is 2.16. The molecule has 5 heteroatoms. The van der Waals surface area contributed by atoms with Gasteiger partial charge in [-0.1, -0.05) is 0 Å². The van der Waals surface area contributed by atoms with Crippen molar-refractivity contribution in [1.82, 2.24) is 15.2 Å². The summed E-state index contributed by atoms with van der Waals surface area (Å²) in [5, 5.41) is 2.75. The maximum Gasteiger partial charge on any atom is 0.317 e. The van der Waals surface area contributed by atoms with Crippen molar-refractivity contribution in [2.45, 2.75) is 13.0 Å². The van der Waals surface area contributed by atoms with Crippen molar-refractivity contribution in [3.8, 4) is 5.75 Å². The van der Waals surface area contributed by atoms with E-state index in [1.807, 2.05) is 19.1 Å². The Bertz CT molecular complexity index is 350. The Morgan fingerprint density at radius 1 is 1.69 bits per heavy atom. The van der Waals surface area contributed by atoms with E-state index in [1.165, 1.54) is 0 Å². The lowest BCUT2D eigenvalue weighted by Crippen LogP contribution is -2.58. The smallest absolute Gasteiger partial charge is 0.317 e. The summed E-state index contributed by atoms with van der Waals surface area (Å²) >= 11 is 0. The summed E-state index contributed by atoms with van der Waals surface area (Å²) in [7, 11) is 0. The lowest BCUT2D eigenvalue weighted by Gasteiger charge is -2.38. The monoisotopic (exact) mass is 221 g/mol. The van der Waals surface area contributed by atoms with E-state index in [-0.39, 0.29) is 12.1 Å². The number of aromatic nitrogens is 1. The second-order valence-corrected chi connectivity index (χ2v) is 3.67. The number of amides is 2. The number of nitrogens with zero attached hydrogens (tertiary/aromatic N) is 2. The summed E-state index contributed by atoms with van der Waals surface area (Å²) in [5.41, 5.74) is 0. The standard InChI is InChI=1S/C11H15N3O2/c1-2-13-11(15)14-7-10(8-14)16-9-4-3-5-12-6-9/h3-6,10H,2,7-8H2,1H3,(H,13,15). The molecule has 16 heavy (non-hydrogen) atoms. The van der Waals surface area contributed by atoms with Crippen molar-refractivity contribution in [3.63, 3.8) is 0 Å². The second kappa shape index (κ2) is 4.83. The van der Waals surface area contributed by atoms with Gasteiger partial charge in [-0.3, -0.25) is 4.98 Å². The van der Waals surface area contributed by atoms with Gasteiger partial charge in [-0.05, 0) is 19.1 Å². The molecular weight excluding hydrogens is 206 g/mol. The molecule has 1 saturated heterocycles. The zero-order valence-electron chi connectivity index (χ0n) is 9.22. The first kappa shape index (κ1) is 10.7. The predicted molar refractivity (Wildman–Crippen MR) is 59.3 cm³/mol. The van der Waals surface area contributed by atoms with Crippen molar-refractivity contribution in [2.24, 2.45) is 0 Å². The van der Waals surface area contributed by atoms with Crippen molar-refractivity contribution >= 4 is 6.03 Å². The van der Waals surface area contributed by atoms with Gasteiger partial charge >= 0.3 is 6.03 Å². The molecule has 1 fully saturated rings. The highest BCUT2D eigenvalue weighted by atomic mass is 16.5. The Morgan fingerprint density at radius 2 is 2.50 bits per heavy atom. The van der Waals surface area contributed by atoms with Gasteiger partial charge in [-0.15, -0.1) is 0 Å². The van der Waals surface area contributed by atoms with Crippen LogP contribution in [0.1, 0.15) is 6.92 Å². The third kappa shape index (κ3) is 2.42. The first-order valence-electron chi connectivity index (χ1n) is 5.39. The zero-order valence-corrected chi connectivity index (χ0v) is 9.22. The summed E-state index contributed by atoms with van der Waals surface area (Å²) in [6.45, 7) is 3.84. The van der Waals surface area contributed by atoms with Gasteiger partial charge in [0, 0.05) is 12.7 Å². The van der Waals surface area contributed by atoms with Gasteiger partial charge in [0.15, 0.2) is 0 Å². The number of hydrogen-bond donors (Lipinski definition) is 1. The Labute approximate surface area is 94.4 Å². The molecule has 0 aliphatic carbocycles. The first-order chi connectivity index (χ1) is 7.79. The molecule has 5 nitrogen and oxygen atoms in total. The van der Waals surface area contributed by atoms with E-state index in [0.717, 1.165) is 5.75 Å². The number of carbonyl (C=O) groups excluding carboxylic acids is 1. The lowest BCUT2D eigenvalue weighted by molar-refractivity contribution is 0.0444. The lowest BCUT2D eigenvalue weighted by atomic mass is 10.2. The summed E-state index contributed by atoms with van der Waals surface area (Å²) in [4.78, 5) is 17.1. The van der Waals surface area contributed by atoms with Gasteiger partial charge in [0.1, 0.15) is 11.9 Å². The van der Waals surface area contributed by atoms with E-state index >= 15 is 0 Å². The number of pyridine rings is 1. The van der Waals surface area contributed by atoms with Crippen LogP contribution in [0.5, 0.6) is 5.75 Å².